The quantitative estimate of drug-likeness (QED) is 0.738. The van der Waals surface area contributed by atoms with Gasteiger partial charge in [0, 0.05) is 24.1 Å². The lowest BCUT2D eigenvalue weighted by Gasteiger charge is -2.04. The molecule has 0 unspecified atom stereocenters. The van der Waals surface area contributed by atoms with E-state index in [1.54, 1.807) is 12.3 Å². The lowest BCUT2D eigenvalue weighted by atomic mass is 10.1. The topological polar surface area (TPSA) is 58.0 Å². The Morgan fingerprint density at radius 2 is 2.05 bits per heavy atom. The first kappa shape index (κ1) is 11.6. The van der Waals surface area contributed by atoms with E-state index in [1.807, 2.05) is 24.6 Å². The number of hydrogen-bond donors (Lipinski definition) is 2. The zero-order valence-corrected chi connectivity index (χ0v) is 10.8. The van der Waals surface area contributed by atoms with Crippen LogP contribution in [0, 0.1) is 6.92 Å². The highest BCUT2D eigenvalue weighted by molar-refractivity contribution is 5.97. The third-order valence-corrected chi connectivity index (χ3v) is 3.43. The van der Waals surface area contributed by atoms with Crippen LogP contribution in [0.25, 0.3) is 22.3 Å². The van der Waals surface area contributed by atoms with Gasteiger partial charge in [0.15, 0.2) is 0 Å². The van der Waals surface area contributed by atoms with E-state index in [-0.39, 0.29) is 0 Å². The molecular weight excluding hydrogens is 240 g/mol. The van der Waals surface area contributed by atoms with E-state index in [0.29, 0.717) is 11.3 Å². The van der Waals surface area contributed by atoms with Crippen molar-refractivity contribution in [1.29, 1.82) is 0 Å². The summed E-state index contributed by atoms with van der Waals surface area (Å²) in [7, 11) is 1.94. The molecule has 19 heavy (non-hydrogen) atoms. The molecule has 0 spiro atoms. The predicted octanol–water partition coefficient (Wildman–Crippen LogP) is 3.18. The van der Waals surface area contributed by atoms with Crippen molar-refractivity contribution in [2.75, 3.05) is 0 Å². The fraction of sp³-hybridized carbons (Fsp3) is 0.133. The van der Waals surface area contributed by atoms with Crippen molar-refractivity contribution in [1.82, 2.24) is 9.55 Å². The van der Waals surface area contributed by atoms with Crippen molar-refractivity contribution in [2.24, 2.45) is 7.05 Å². The Labute approximate surface area is 110 Å². The van der Waals surface area contributed by atoms with Gasteiger partial charge in [-0.25, -0.2) is 4.79 Å². The van der Waals surface area contributed by atoms with E-state index in [1.165, 1.54) is 5.56 Å². The number of carboxylic acid groups (broad SMARTS) is 1. The summed E-state index contributed by atoms with van der Waals surface area (Å²) >= 11 is 0. The Hall–Kier alpha value is -2.49. The largest absolute Gasteiger partial charge is 0.478 e. The van der Waals surface area contributed by atoms with Crippen LogP contribution in [0.4, 0.5) is 0 Å². The van der Waals surface area contributed by atoms with E-state index in [4.69, 9.17) is 0 Å². The number of carboxylic acids is 1. The molecule has 4 nitrogen and oxygen atoms in total. The molecule has 4 heteroatoms. The summed E-state index contributed by atoms with van der Waals surface area (Å²) in [4.78, 5) is 14.2. The standard InChI is InChI=1S/C15H14N2O2/c1-9-3-4-12-10(7-9)8-13(17(12)2)14-11(15(18)19)5-6-16-14/h3-8,16H,1-2H3,(H,18,19). The number of carbonyl (C=O) groups is 1. The van der Waals surface area contributed by atoms with Crippen molar-refractivity contribution < 1.29 is 9.90 Å². The molecule has 2 heterocycles. The van der Waals surface area contributed by atoms with Gasteiger partial charge in [-0.1, -0.05) is 11.6 Å². The monoisotopic (exact) mass is 254 g/mol. The maximum Gasteiger partial charge on any atom is 0.337 e. The fourth-order valence-electron chi connectivity index (χ4n) is 2.47. The average molecular weight is 254 g/mol. The first-order valence-corrected chi connectivity index (χ1v) is 6.05. The summed E-state index contributed by atoms with van der Waals surface area (Å²) in [6.07, 6.45) is 1.65. The van der Waals surface area contributed by atoms with Crippen LogP contribution in [-0.4, -0.2) is 20.6 Å². The Balaban J connectivity index is 2.28. The number of hydrogen-bond acceptors (Lipinski definition) is 1. The Morgan fingerprint density at radius 3 is 2.79 bits per heavy atom. The van der Waals surface area contributed by atoms with Gasteiger partial charge in [0.2, 0.25) is 0 Å². The van der Waals surface area contributed by atoms with Gasteiger partial charge in [-0.05, 0) is 31.2 Å². The molecule has 2 N–H and O–H groups in total. The minimum absolute atomic E-state index is 0.294. The summed E-state index contributed by atoms with van der Waals surface area (Å²) in [5.74, 6) is -0.919. The van der Waals surface area contributed by atoms with Crippen LogP contribution < -0.4 is 0 Å². The molecule has 0 aliphatic rings. The summed E-state index contributed by atoms with van der Waals surface area (Å²) in [5, 5.41) is 10.3. The maximum atomic E-state index is 11.2. The predicted molar refractivity (Wildman–Crippen MR) is 74.4 cm³/mol. The minimum Gasteiger partial charge on any atom is -0.478 e. The molecule has 3 rings (SSSR count). The van der Waals surface area contributed by atoms with Gasteiger partial charge in [-0.3, -0.25) is 0 Å². The second-order valence-corrected chi connectivity index (χ2v) is 4.72. The Kier molecular flexibility index (Phi) is 2.45. The van der Waals surface area contributed by atoms with Crippen molar-refractivity contribution in [3.05, 3.63) is 47.7 Å². The third-order valence-electron chi connectivity index (χ3n) is 3.43. The number of aryl methyl sites for hydroxylation is 2. The van der Waals surface area contributed by atoms with Gasteiger partial charge in [0.25, 0.3) is 0 Å². The molecule has 2 aromatic heterocycles. The zero-order valence-electron chi connectivity index (χ0n) is 10.8. The van der Waals surface area contributed by atoms with E-state index in [0.717, 1.165) is 16.6 Å². The number of fused-ring (bicyclic) bond motifs is 1. The minimum atomic E-state index is -0.919. The number of aromatic carboxylic acids is 1. The number of H-pyrrole nitrogens is 1. The molecule has 0 atom stereocenters. The fourth-order valence-corrected chi connectivity index (χ4v) is 2.47. The summed E-state index contributed by atoms with van der Waals surface area (Å²) in [6, 6.07) is 9.81. The number of nitrogens with one attached hydrogen (secondary N) is 1. The van der Waals surface area contributed by atoms with Gasteiger partial charge in [0.05, 0.1) is 17.0 Å². The molecule has 96 valence electrons. The number of aromatic nitrogens is 2. The molecule has 0 saturated heterocycles. The second kappa shape index (κ2) is 4.02. The normalized spacial score (nSPS) is 11.1. The third kappa shape index (κ3) is 1.73. The Morgan fingerprint density at radius 1 is 1.26 bits per heavy atom. The van der Waals surface area contributed by atoms with Gasteiger partial charge in [-0.2, -0.15) is 0 Å². The van der Waals surface area contributed by atoms with Gasteiger partial charge in [0.1, 0.15) is 0 Å². The Bertz CT molecular complexity index is 781. The highest BCUT2D eigenvalue weighted by Crippen LogP contribution is 2.29. The van der Waals surface area contributed by atoms with Crippen molar-refractivity contribution in [3.8, 4) is 11.4 Å². The van der Waals surface area contributed by atoms with Crippen LogP contribution in [0.3, 0.4) is 0 Å². The zero-order chi connectivity index (χ0) is 13.6. The van der Waals surface area contributed by atoms with E-state index < -0.39 is 5.97 Å². The SMILES string of the molecule is Cc1ccc2c(c1)cc(-c1[nH]ccc1C(=O)O)n2C. The van der Waals surface area contributed by atoms with Crippen LogP contribution in [0.5, 0.6) is 0 Å². The van der Waals surface area contributed by atoms with Crippen LogP contribution in [0.2, 0.25) is 0 Å². The first-order chi connectivity index (χ1) is 9.08. The van der Waals surface area contributed by atoms with Crippen LogP contribution in [0.15, 0.2) is 36.5 Å². The van der Waals surface area contributed by atoms with Gasteiger partial charge >= 0.3 is 5.97 Å². The van der Waals surface area contributed by atoms with E-state index >= 15 is 0 Å². The average Bonchev–Trinajstić information content (AvgIpc) is 2.94. The van der Waals surface area contributed by atoms with Crippen molar-refractivity contribution in [3.63, 3.8) is 0 Å². The molecule has 0 aliphatic heterocycles. The van der Waals surface area contributed by atoms with Crippen LogP contribution in [-0.2, 0) is 7.05 Å². The highest BCUT2D eigenvalue weighted by atomic mass is 16.4. The molecule has 0 aliphatic carbocycles. The highest BCUT2D eigenvalue weighted by Gasteiger charge is 2.16. The second-order valence-electron chi connectivity index (χ2n) is 4.72. The molecule has 1 aromatic carbocycles. The summed E-state index contributed by atoms with van der Waals surface area (Å²) < 4.78 is 2.01. The number of nitrogens with zero attached hydrogens (tertiary/aromatic N) is 1. The maximum absolute atomic E-state index is 11.2. The first-order valence-electron chi connectivity index (χ1n) is 6.05. The molecule has 0 saturated carbocycles. The molecular formula is C15H14N2O2. The smallest absolute Gasteiger partial charge is 0.337 e. The number of benzene rings is 1. The molecule has 0 amide bonds. The molecule has 0 fully saturated rings. The van der Waals surface area contributed by atoms with Gasteiger partial charge < -0.3 is 14.7 Å². The van der Waals surface area contributed by atoms with Crippen molar-refractivity contribution in [2.45, 2.75) is 6.92 Å². The molecule has 0 bridgehead atoms. The number of rotatable bonds is 2. The molecule has 0 radical (unpaired) electrons. The summed E-state index contributed by atoms with van der Waals surface area (Å²) in [6.45, 7) is 2.05. The lowest BCUT2D eigenvalue weighted by molar-refractivity contribution is 0.0698. The van der Waals surface area contributed by atoms with E-state index in [2.05, 4.69) is 23.2 Å². The van der Waals surface area contributed by atoms with Crippen LogP contribution >= 0.6 is 0 Å². The van der Waals surface area contributed by atoms with Crippen LogP contribution in [0.1, 0.15) is 15.9 Å². The summed E-state index contributed by atoms with van der Waals surface area (Å²) in [5.41, 5.74) is 4.09. The van der Waals surface area contributed by atoms with Crippen molar-refractivity contribution >= 4 is 16.9 Å². The number of aromatic amines is 1. The lowest BCUT2D eigenvalue weighted by Crippen LogP contribution is -1.99. The molecule has 3 aromatic rings. The van der Waals surface area contributed by atoms with Gasteiger partial charge in [-0.15, -0.1) is 0 Å². The van der Waals surface area contributed by atoms with E-state index in [9.17, 15) is 9.90 Å².